The van der Waals surface area contributed by atoms with E-state index in [2.05, 4.69) is 20.9 Å². The number of nitrogens with one attached hydrogen (secondary N) is 3. The van der Waals surface area contributed by atoms with Gasteiger partial charge in [0.25, 0.3) is 5.91 Å². The Balaban J connectivity index is 0.00000392. The first kappa shape index (κ1) is 24.2. The number of amides is 2. The normalized spacial score (nSPS) is 16.5. The quantitative estimate of drug-likeness (QED) is 0.231. The molecule has 1 atom stereocenters. The van der Waals surface area contributed by atoms with Crippen LogP contribution in [0.5, 0.6) is 0 Å². The van der Waals surface area contributed by atoms with Gasteiger partial charge in [-0.2, -0.15) is 0 Å². The molecule has 1 heterocycles. The molecule has 1 aliphatic heterocycles. The lowest BCUT2D eigenvalue weighted by molar-refractivity contribution is -0.133. The molecule has 1 aromatic carbocycles. The van der Waals surface area contributed by atoms with Gasteiger partial charge in [0.2, 0.25) is 5.91 Å². The third-order valence-electron chi connectivity index (χ3n) is 4.38. The summed E-state index contributed by atoms with van der Waals surface area (Å²) in [6.45, 7) is 9.05. The fraction of sp³-hybridized carbons (Fsp3) is 0.550. The van der Waals surface area contributed by atoms with Gasteiger partial charge in [-0.1, -0.05) is 32.0 Å². The molecule has 2 amide bonds. The Labute approximate surface area is 184 Å². The minimum absolute atomic E-state index is 0. The van der Waals surface area contributed by atoms with Crippen molar-refractivity contribution in [3.63, 3.8) is 0 Å². The molecule has 2 rings (SSSR count). The molecule has 0 aliphatic carbocycles. The summed E-state index contributed by atoms with van der Waals surface area (Å²) in [5.74, 6) is 0.849. The summed E-state index contributed by atoms with van der Waals surface area (Å²) in [5, 5.41) is 9.48. The molecule has 7 nitrogen and oxygen atoms in total. The van der Waals surface area contributed by atoms with Crippen molar-refractivity contribution in [2.75, 3.05) is 32.7 Å². The van der Waals surface area contributed by atoms with Gasteiger partial charge >= 0.3 is 0 Å². The first-order valence-corrected chi connectivity index (χ1v) is 9.68. The maximum absolute atomic E-state index is 12.1. The fourth-order valence-corrected chi connectivity index (χ4v) is 2.99. The lowest BCUT2D eigenvalue weighted by Crippen LogP contribution is -2.45. The Morgan fingerprint density at radius 3 is 2.57 bits per heavy atom. The summed E-state index contributed by atoms with van der Waals surface area (Å²) >= 11 is 0. The highest BCUT2D eigenvalue weighted by Gasteiger charge is 2.27. The zero-order valence-corrected chi connectivity index (χ0v) is 19.2. The van der Waals surface area contributed by atoms with Crippen LogP contribution in [0.1, 0.15) is 37.6 Å². The predicted octanol–water partition coefficient (Wildman–Crippen LogP) is 1.85. The number of benzene rings is 1. The summed E-state index contributed by atoms with van der Waals surface area (Å²) in [6, 6.07) is 9.34. The van der Waals surface area contributed by atoms with Crippen molar-refractivity contribution in [2.24, 2.45) is 10.9 Å². The van der Waals surface area contributed by atoms with Crippen molar-refractivity contribution in [1.82, 2.24) is 20.9 Å². The van der Waals surface area contributed by atoms with E-state index >= 15 is 0 Å². The second-order valence-corrected chi connectivity index (χ2v) is 6.95. The summed E-state index contributed by atoms with van der Waals surface area (Å²) in [4.78, 5) is 30.6. The molecule has 8 heteroatoms. The van der Waals surface area contributed by atoms with E-state index < -0.39 is 0 Å². The number of carbonyl (C=O) groups is 2. The number of hydrogen-bond donors (Lipinski definition) is 3. The highest BCUT2D eigenvalue weighted by atomic mass is 127. The van der Waals surface area contributed by atoms with Crippen LogP contribution in [0.25, 0.3) is 0 Å². The van der Waals surface area contributed by atoms with Crippen LogP contribution in [0.3, 0.4) is 0 Å². The third-order valence-corrected chi connectivity index (χ3v) is 4.38. The zero-order valence-electron chi connectivity index (χ0n) is 16.9. The maximum Gasteiger partial charge on any atom is 0.251 e. The number of halogens is 1. The second kappa shape index (κ2) is 12.6. The van der Waals surface area contributed by atoms with E-state index in [9.17, 15) is 9.59 Å². The van der Waals surface area contributed by atoms with Crippen LogP contribution in [-0.4, -0.2) is 61.4 Å². The topological polar surface area (TPSA) is 85.8 Å². The van der Waals surface area contributed by atoms with Gasteiger partial charge in [0.15, 0.2) is 5.96 Å². The average molecular weight is 501 g/mol. The van der Waals surface area contributed by atoms with E-state index in [-0.39, 0.29) is 47.8 Å². The van der Waals surface area contributed by atoms with Crippen LogP contribution in [0.4, 0.5) is 0 Å². The van der Waals surface area contributed by atoms with Gasteiger partial charge in [-0.25, -0.2) is 0 Å². The van der Waals surface area contributed by atoms with E-state index in [1.807, 2.05) is 43.9 Å². The standard InChI is InChI=1S/C20H31N5O2.HI/c1-4-21-20(24-17-10-13-25(14-17)19(27)15(2)3)23-12-11-22-18(26)16-8-6-5-7-9-16;/h5-9,15,17H,4,10-14H2,1-3H3,(H,22,26)(H2,21,23,24);1H. The van der Waals surface area contributed by atoms with Gasteiger partial charge in [-0.05, 0) is 25.5 Å². The van der Waals surface area contributed by atoms with Crippen molar-refractivity contribution >= 4 is 41.8 Å². The Kier molecular flexibility index (Phi) is 10.9. The van der Waals surface area contributed by atoms with Gasteiger partial charge in [-0.15, -0.1) is 24.0 Å². The predicted molar refractivity (Wildman–Crippen MR) is 123 cm³/mol. The molecule has 1 saturated heterocycles. The molecule has 1 aromatic rings. The number of guanidine groups is 1. The Morgan fingerprint density at radius 2 is 1.93 bits per heavy atom. The first-order chi connectivity index (χ1) is 13.0. The van der Waals surface area contributed by atoms with Gasteiger partial charge in [-0.3, -0.25) is 14.6 Å². The number of nitrogens with zero attached hydrogens (tertiary/aromatic N) is 2. The van der Waals surface area contributed by atoms with Crippen LogP contribution >= 0.6 is 24.0 Å². The van der Waals surface area contributed by atoms with Crippen molar-refractivity contribution < 1.29 is 9.59 Å². The number of likely N-dealkylation sites (tertiary alicyclic amines) is 1. The zero-order chi connectivity index (χ0) is 19.6. The highest BCUT2D eigenvalue weighted by Crippen LogP contribution is 2.12. The minimum atomic E-state index is -0.0950. The highest BCUT2D eigenvalue weighted by molar-refractivity contribution is 14.0. The van der Waals surface area contributed by atoms with Crippen LogP contribution in [0.15, 0.2) is 35.3 Å². The summed E-state index contributed by atoms with van der Waals surface area (Å²) in [6.07, 6.45) is 0.910. The molecule has 1 unspecified atom stereocenters. The molecule has 3 N–H and O–H groups in total. The van der Waals surface area contributed by atoms with Gasteiger partial charge in [0, 0.05) is 43.7 Å². The largest absolute Gasteiger partial charge is 0.357 e. The Morgan fingerprint density at radius 1 is 1.21 bits per heavy atom. The third kappa shape index (κ3) is 7.65. The van der Waals surface area contributed by atoms with E-state index in [1.54, 1.807) is 12.1 Å². The molecule has 28 heavy (non-hydrogen) atoms. The Bertz CT molecular complexity index is 651. The van der Waals surface area contributed by atoms with E-state index in [1.165, 1.54) is 0 Å². The van der Waals surface area contributed by atoms with Crippen molar-refractivity contribution in [3.05, 3.63) is 35.9 Å². The number of hydrogen-bond acceptors (Lipinski definition) is 3. The molecule has 0 bridgehead atoms. The molecule has 1 fully saturated rings. The summed E-state index contributed by atoms with van der Waals surface area (Å²) < 4.78 is 0. The number of carbonyl (C=O) groups excluding carboxylic acids is 2. The molecule has 0 aromatic heterocycles. The lowest BCUT2D eigenvalue weighted by Gasteiger charge is -2.20. The maximum atomic E-state index is 12.1. The van der Waals surface area contributed by atoms with Crippen molar-refractivity contribution in [3.8, 4) is 0 Å². The van der Waals surface area contributed by atoms with Gasteiger partial charge in [0.05, 0.1) is 6.54 Å². The number of aliphatic imine (C=N–C) groups is 1. The van der Waals surface area contributed by atoms with Crippen LogP contribution in [0.2, 0.25) is 0 Å². The van der Waals surface area contributed by atoms with Crippen molar-refractivity contribution in [1.29, 1.82) is 0 Å². The fourth-order valence-electron chi connectivity index (χ4n) is 2.99. The molecule has 156 valence electrons. The minimum Gasteiger partial charge on any atom is -0.357 e. The molecule has 1 aliphatic rings. The van der Waals surface area contributed by atoms with Crippen LogP contribution in [0, 0.1) is 5.92 Å². The average Bonchev–Trinajstić information content (AvgIpc) is 3.13. The SMILES string of the molecule is CCNC(=NCCNC(=O)c1ccccc1)NC1CCN(C(=O)C(C)C)C1.I. The molecular weight excluding hydrogens is 469 g/mol. The van der Waals surface area contributed by atoms with Gasteiger partial charge in [0.1, 0.15) is 0 Å². The lowest BCUT2D eigenvalue weighted by atomic mass is 10.2. The Hall–Kier alpha value is -1.84. The number of rotatable bonds is 7. The molecule has 0 radical (unpaired) electrons. The van der Waals surface area contributed by atoms with Crippen LogP contribution in [-0.2, 0) is 4.79 Å². The molecule has 0 spiro atoms. The van der Waals surface area contributed by atoms with Crippen LogP contribution < -0.4 is 16.0 Å². The van der Waals surface area contributed by atoms with E-state index in [4.69, 9.17) is 0 Å². The monoisotopic (exact) mass is 501 g/mol. The second-order valence-electron chi connectivity index (χ2n) is 6.95. The molecule has 0 saturated carbocycles. The van der Waals surface area contributed by atoms with Crippen molar-refractivity contribution in [2.45, 2.75) is 33.2 Å². The van der Waals surface area contributed by atoms with Gasteiger partial charge < -0.3 is 20.9 Å². The van der Waals surface area contributed by atoms with E-state index in [0.717, 1.165) is 25.5 Å². The smallest absolute Gasteiger partial charge is 0.251 e. The summed E-state index contributed by atoms with van der Waals surface area (Å²) in [7, 11) is 0. The molecular formula is C20H32IN5O2. The van der Waals surface area contributed by atoms with E-state index in [0.29, 0.717) is 25.2 Å². The summed E-state index contributed by atoms with van der Waals surface area (Å²) in [5.41, 5.74) is 0.646. The first-order valence-electron chi connectivity index (χ1n) is 9.68.